The summed E-state index contributed by atoms with van der Waals surface area (Å²) in [7, 11) is 1.84. The highest BCUT2D eigenvalue weighted by Gasteiger charge is 2.32. The van der Waals surface area contributed by atoms with Crippen molar-refractivity contribution in [2.45, 2.75) is 12.8 Å². The number of nitrogen functional groups attached to an aromatic ring is 1. The molecule has 0 bridgehead atoms. The number of ether oxygens (including phenoxy) is 2. The van der Waals surface area contributed by atoms with E-state index in [1.54, 1.807) is 4.68 Å². The standard InChI is InChI=1S/C14H14BrN3O2/c1-18-10(16)6-9(17-18)11-7-2-4-20-14(7)12(15)8-3-5-19-13(8)11/h6H,2-5,16H2,1H3. The summed E-state index contributed by atoms with van der Waals surface area (Å²) in [5, 5.41) is 4.51. The first-order chi connectivity index (χ1) is 9.66. The molecule has 5 nitrogen and oxygen atoms in total. The van der Waals surface area contributed by atoms with Crippen LogP contribution in [0, 0.1) is 0 Å². The smallest absolute Gasteiger partial charge is 0.138 e. The lowest BCUT2D eigenvalue weighted by molar-refractivity contribution is 0.354. The highest BCUT2D eigenvalue weighted by molar-refractivity contribution is 9.10. The molecule has 0 atom stereocenters. The third kappa shape index (κ3) is 1.51. The molecule has 2 aliphatic heterocycles. The van der Waals surface area contributed by atoms with Crippen LogP contribution in [0.25, 0.3) is 11.3 Å². The number of hydrogen-bond acceptors (Lipinski definition) is 4. The summed E-state index contributed by atoms with van der Waals surface area (Å²) in [6.07, 6.45) is 1.76. The molecule has 1 aromatic carbocycles. The molecule has 2 aliphatic rings. The number of benzene rings is 1. The van der Waals surface area contributed by atoms with Crippen molar-refractivity contribution in [3.8, 4) is 22.8 Å². The second-order valence-electron chi connectivity index (χ2n) is 5.08. The fourth-order valence-electron chi connectivity index (χ4n) is 2.93. The Hall–Kier alpha value is -1.69. The van der Waals surface area contributed by atoms with Gasteiger partial charge in [-0.2, -0.15) is 5.10 Å². The Bertz CT molecular complexity index is 669. The van der Waals surface area contributed by atoms with Gasteiger partial charge in [0, 0.05) is 37.1 Å². The molecule has 0 spiro atoms. The van der Waals surface area contributed by atoms with Crippen LogP contribution in [0.3, 0.4) is 0 Å². The van der Waals surface area contributed by atoms with Crippen LogP contribution in [0.5, 0.6) is 11.5 Å². The van der Waals surface area contributed by atoms with E-state index in [9.17, 15) is 0 Å². The number of nitrogens with two attached hydrogens (primary N) is 1. The zero-order chi connectivity index (χ0) is 13.9. The van der Waals surface area contributed by atoms with Crippen molar-refractivity contribution in [1.29, 1.82) is 0 Å². The normalized spacial score (nSPS) is 15.7. The van der Waals surface area contributed by atoms with E-state index in [-0.39, 0.29) is 0 Å². The van der Waals surface area contributed by atoms with E-state index in [0.717, 1.165) is 45.6 Å². The van der Waals surface area contributed by atoms with E-state index in [4.69, 9.17) is 15.2 Å². The maximum absolute atomic E-state index is 5.92. The number of rotatable bonds is 1. The van der Waals surface area contributed by atoms with Crippen LogP contribution in [0.4, 0.5) is 5.82 Å². The van der Waals surface area contributed by atoms with Crippen LogP contribution in [0.15, 0.2) is 10.5 Å². The zero-order valence-electron chi connectivity index (χ0n) is 11.1. The van der Waals surface area contributed by atoms with Crippen LogP contribution >= 0.6 is 15.9 Å². The summed E-state index contributed by atoms with van der Waals surface area (Å²) in [5.41, 5.74) is 10.2. The lowest BCUT2D eigenvalue weighted by Gasteiger charge is -2.13. The van der Waals surface area contributed by atoms with Gasteiger partial charge >= 0.3 is 0 Å². The molecular formula is C14H14BrN3O2. The van der Waals surface area contributed by atoms with E-state index < -0.39 is 0 Å². The molecule has 0 saturated carbocycles. The zero-order valence-corrected chi connectivity index (χ0v) is 12.7. The number of nitrogens with zero attached hydrogens (tertiary/aromatic N) is 2. The molecule has 2 N–H and O–H groups in total. The minimum atomic E-state index is 0.641. The largest absolute Gasteiger partial charge is 0.492 e. The number of fused-ring (bicyclic) bond motifs is 2. The Labute approximate surface area is 124 Å². The summed E-state index contributed by atoms with van der Waals surface area (Å²) in [5.74, 6) is 2.51. The molecule has 0 amide bonds. The van der Waals surface area contributed by atoms with Crippen molar-refractivity contribution in [2.75, 3.05) is 18.9 Å². The van der Waals surface area contributed by atoms with Gasteiger partial charge in [-0.1, -0.05) is 0 Å². The van der Waals surface area contributed by atoms with Gasteiger partial charge in [-0.15, -0.1) is 0 Å². The van der Waals surface area contributed by atoms with Crippen molar-refractivity contribution in [2.24, 2.45) is 7.05 Å². The summed E-state index contributed by atoms with van der Waals surface area (Å²) in [6, 6.07) is 1.89. The van der Waals surface area contributed by atoms with Crippen molar-refractivity contribution in [1.82, 2.24) is 9.78 Å². The number of halogens is 1. The van der Waals surface area contributed by atoms with Gasteiger partial charge in [-0.25, -0.2) is 0 Å². The van der Waals surface area contributed by atoms with Crippen LogP contribution in [-0.4, -0.2) is 23.0 Å². The Morgan fingerprint density at radius 1 is 1.20 bits per heavy atom. The number of aryl methyl sites for hydroxylation is 1. The Morgan fingerprint density at radius 2 is 1.90 bits per heavy atom. The van der Waals surface area contributed by atoms with Crippen molar-refractivity contribution in [3.05, 3.63) is 21.7 Å². The molecule has 0 radical (unpaired) electrons. The molecule has 0 aliphatic carbocycles. The van der Waals surface area contributed by atoms with Crippen molar-refractivity contribution < 1.29 is 9.47 Å². The first-order valence-electron chi connectivity index (χ1n) is 6.59. The van der Waals surface area contributed by atoms with Gasteiger partial charge in [0.05, 0.1) is 28.9 Å². The van der Waals surface area contributed by atoms with Gasteiger partial charge < -0.3 is 15.2 Å². The first-order valence-corrected chi connectivity index (χ1v) is 7.39. The molecule has 6 heteroatoms. The fourth-order valence-corrected chi connectivity index (χ4v) is 3.66. The quantitative estimate of drug-likeness (QED) is 0.868. The number of aromatic nitrogens is 2. The van der Waals surface area contributed by atoms with Gasteiger partial charge in [0.2, 0.25) is 0 Å². The van der Waals surface area contributed by atoms with Crippen LogP contribution < -0.4 is 15.2 Å². The molecule has 0 fully saturated rings. The van der Waals surface area contributed by atoms with Crippen LogP contribution in [0.1, 0.15) is 11.1 Å². The molecule has 20 heavy (non-hydrogen) atoms. The molecule has 3 heterocycles. The van der Waals surface area contributed by atoms with E-state index in [1.165, 1.54) is 5.56 Å². The van der Waals surface area contributed by atoms with Crippen molar-refractivity contribution in [3.63, 3.8) is 0 Å². The van der Waals surface area contributed by atoms with Gasteiger partial charge in [0.25, 0.3) is 0 Å². The van der Waals surface area contributed by atoms with Gasteiger partial charge in [-0.05, 0) is 15.9 Å². The summed E-state index contributed by atoms with van der Waals surface area (Å²) < 4.78 is 14.4. The predicted octanol–water partition coefficient (Wildman–Crippen LogP) is 2.30. The predicted molar refractivity (Wildman–Crippen MR) is 79.2 cm³/mol. The lowest BCUT2D eigenvalue weighted by Crippen LogP contribution is -1.97. The third-order valence-electron chi connectivity index (χ3n) is 3.91. The molecule has 1 aromatic heterocycles. The summed E-state index contributed by atoms with van der Waals surface area (Å²) in [4.78, 5) is 0. The van der Waals surface area contributed by atoms with E-state index in [0.29, 0.717) is 19.0 Å². The summed E-state index contributed by atoms with van der Waals surface area (Å²) >= 11 is 3.65. The van der Waals surface area contributed by atoms with E-state index in [2.05, 4.69) is 21.0 Å². The Morgan fingerprint density at radius 3 is 2.60 bits per heavy atom. The first kappa shape index (κ1) is 12.1. The maximum atomic E-state index is 5.92. The molecule has 0 saturated heterocycles. The number of anilines is 1. The van der Waals surface area contributed by atoms with Gasteiger partial charge in [0.15, 0.2) is 0 Å². The number of hydrogen-bond donors (Lipinski definition) is 1. The van der Waals surface area contributed by atoms with E-state index >= 15 is 0 Å². The SMILES string of the molecule is Cn1nc(-c2c3c(c(Br)c4c2OCC4)OCC3)cc1N. The topological polar surface area (TPSA) is 62.3 Å². The molecule has 104 valence electrons. The Kier molecular flexibility index (Phi) is 2.51. The monoisotopic (exact) mass is 335 g/mol. The highest BCUT2D eigenvalue weighted by Crippen LogP contribution is 2.50. The Balaban J connectivity index is 2.04. The van der Waals surface area contributed by atoms with Crippen LogP contribution in [-0.2, 0) is 19.9 Å². The molecular weight excluding hydrogens is 322 g/mol. The minimum absolute atomic E-state index is 0.641. The second-order valence-corrected chi connectivity index (χ2v) is 5.87. The van der Waals surface area contributed by atoms with Gasteiger partial charge in [0.1, 0.15) is 17.3 Å². The average Bonchev–Trinajstić information content (AvgIpc) is 3.11. The third-order valence-corrected chi connectivity index (χ3v) is 4.75. The van der Waals surface area contributed by atoms with E-state index in [1.807, 2.05) is 13.1 Å². The second kappa shape index (κ2) is 4.15. The van der Waals surface area contributed by atoms with Crippen LogP contribution in [0.2, 0.25) is 0 Å². The lowest BCUT2D eigenvalue weighted by atomic mass is 9.97. The van der Waals surface area contributed by atoms with Gasteiger partial charge in [-0.3, -0.25) is 4.68 Å². The molecule has 2 aromatic rings. The highest BCUT2D eigenvalue weighted by atomic mass is 79.9. The van der Waals surface area contributed by atoms with Crippen molar-refractivity contribution >= 4 is 21.7 Å². The maximum Gasteiger partial charge on any atom is 0.138 e. The summed E-state index contributed by atoms with van der Waals surface area (Å²) in [6.45, 7) is 1.40. The average molecular weight is 336 g/mol. The molecule has 0 unspecified atom stereocenters. The molecule has 4 rings (SSSR count). The minimum Gasteiger partial charge on any atom is -0.492 e. The fraction of sp³-hybridized carbons (Fsp3) is 0.357.